The first-order valence-corrected chi connectivity index (χ1v) is 15.4. The lowest BCUT2D eigenvalue weighted by Crippen LogP contribution is -2.26. The summed E-state index contributed by atoms with van der Waals surface area (Å²) in [7, 11) is 0. The number of fused-ring (bicyclic) bond motifs is 2. The molecule has 2 atom stereocenters. The van der Waals surface area contributed by atoms with E-state index >= 15 is 0 Å². The van der Waals surface area contributed by atoms with Crippen LogP contribution < -0.4 is 5.32 Å². The fourth-order valence-corrected chi connectivity index (χ4v) is 5.77. The molecule has 1 saturated carbocycles. The molecule has 1 fully saturated rings. The van der Waals surface area contributed by atoms with E-state index in [9.17, 15) is 4.79 Å². The van der Waals surface area contributed by atoms with Gasteiger partial charge in [-0.15, -0.1) is 0 Å². The molecule has 9 nitrogen and oxygen atoms in total. The molecule has 43 heavy (non-hydrogen) atoms. The van der Waals surface area contributed by atoms with Gasteiger partial charge in [-0.25, -0.2) is 15.0 Å². The molecule has 0 saturated heterocycles. The number of aliphatic hydroxyl groups is 2. The second-order valence-electron chi connectivity index (χ2n) is 13.1. The number of hydrogen-bond acceptors (Lipinski definition) is 8. The summed E-state index contributed by atoms with van der Waals surface area (Å²) in [6, 6.07) is 11.2. The Hall–Kier alpha value is -3.56. The molecule has 0 bridgehead atoms. The molecular weight excluding hydrogens is 542 g/mol. The Bertz CT molecular complexity index is 1510. The predicted molar refractivity (Wildman–Crippen MR) is 171 cm³/mol. The Balaban J connectivity index is 0.000000782. The van der Waals surface area contributed by atoms with Crippen LogP contribution >= 0.6 is 0 Å². The number of nitrogens with zero attached hydrogens (tertiary/aromatic N) is 4. The van der Waals surface area contributed by atoms with Crippen molar-refractivity contribution in [1.82, 2.24) is 19.5 Å². The first-order valence-electron chi connectivity index (χ1n) is 15.4. The molecule has 3 N–H and O–H groups in total. The number of anilines is 1. The average Bonchev–Trinajstić information content (AvgIpc) is 3.56. The van der Waals surface area contributed by atoms with Crippen molar-refractivity contribution in [1.29, 1.82) is 0 Å². The highest BCUT2D eigenvalue weighted by molar-refractivity contribution is 5.82. The summed E-state index contributed by atoms with van der Waals surface area (Å²) >= 11 is 0. The van der Waals surface area contributed by atoms with Crippen molar-refractivity contribution in [3.05, 3.63) is 60.2 Å². The molecule has 0 spiro atoms. The van der Waals surface area contributed by atoms with Crippen molar-refractivity contribution in [3.8, 4) is 0 Å². The number of ether oxygens (including phenoxy) is 1. The lowest BCUT2D eigenvalue weighted by molar-refractivity contribution is -0.143. The number of esters is 1. The number of nitrogens with one attached hydrogen (secondary N) is 1. The summed E-state index contributed by atoms with van der Waals surface area (Å²) in [5, 5.41) is 21.8. The maximum absolute atomic E-state index is 12.1. The minimum atomic E-state index is -1.50. The van der Waals surface area contributed by atoms with E-state index in [1.54, 1.807) is 6.33 Å². The zero-order valence-corrected chi connectivity index (χ0v) is 26.4. The zero-order valence-electron chi connectivity index (χ0n) is 26.4. The predicted octanol–water partition coefficient (Wildman–Crippen LogP) is 6.37. The van der Waals surface area contributed by atoms with Gasteiger partial charge in [0.2, 0.25) is 0 Å². The Kier molecular flexibility index (Phi) is 10.4. The first-order chi connectivity index (χ1) is 20.3. The lowest BCUT2D eigenvalue weighted by Gasteiger charge is -2.21. The van der Waals surface area contributed by atoms with Gasteiger partial charge in [0.25, 0.3) is 0 Å². The van der Waals surface area contributed by atoms with Gasteiger partial charge >= 0.3 is 5.97 Å². The van der Waals surface area contributed by atoms with Crippen LogP contribution in [-0.4, -0.2) is 53.6 Å². The molecule has 1 aliphatic carbocycles. The van der Waals surface area contributed by atoms with Gasteiger partial charge in [0, 0.05) is 41.2 Å². The van der Waals surface area contributed by atoms with Gasteiger partial charge in [-0.3, -0.25) is 4.79 Å². The third-order valence-corrected chi connectivity index (χ3v) is 7.52. The van der Waals surface area contributed by atoms with Crippen molar-refractivity contribution in [2.75, 3.05) is 11.9 Å². The second-order valence-corrected chi connectivity index (χ2v) is 13.1. The minimum Gasteiger partial charge on any atom is -0.466 e. The van der Waals surface area contributed by atoms with E-state index in [-0.39, 0.29) is 11.5 Å². The maximum atomic E-state index is 12.1. The SMILES string of the molecule is CC(C)(O)O.CCOC(=O)CCc1cc2ccc(NC(C)(C)C)nc2cc1CCC1CCC(n2ccc3cncnc32)C1. The number of pyridine rings is 1. The van der Waals surface area contributed by atoms with Crippen LogP contribution in [-0.2, 0) is 22.4 Å². The molecule has 3 aromatic heterocycles. The van der Waals surface area contributed by atoms with Gasteiger partial charge in [-0.05, 0) is 127 Å². The van der Waals surface area contributed by atoms with Crippen molar-refractivity contribution in [3.63, 3.8) is 0 Å². The Morgan fingerprint density at radius 3 is 2.51 bits per heavy atom. The van der Waals surface area contributed by atoms with Crippen molar-refractivity contribution >= 4 is 33.7 Å². The number of benzene rings is 1. The molecule has 3 heterocycles. The topological polar surface area (TPSA) is 122 Å². The van der Waals surface area contributed by atoms with E-state index in [1.807, 2.05) is 19.2 Å². The van der Waals surface area contributed by atoms with Crippen LogP contribution in [0.25, 0.3) is 21.9 Å². The van der Waals surface area contributed by atoms with Gasteiger partial charge in [0.1, 0.15) is 17.8 Å². The fourth-order valence-electron chi connectivity index (χ4n) is 5.77. The molecule has 232 valence electrons. The highest BCUT2D eigenvalue weighted by Crippen LogP contribution is 2.39. The average molecular weight is 590 g/mol. The van der Waals surface area contributed by atoms with Crippen LogP contribution in [0, 0.1) is 5.92 Å². The molecule has 4 aromatic rings. The van der Waals surface area contributed by atoms with E-state index < -0.39 is 5.79 Å². The van der Waals surface area contributed by atoms with Crippen molar-refractivity contribution in [2.45, 2.75) is 104 Å². The minimum absolute atomic E-state index is 0.0564. The van der Waals surface area contributed by atoms with Gasteiger partial charge in [-0.1, -0.05) is 0 Å². The summed E-state index contributed by atoms with van der Waals surface area (Å²) in [5.74, 6) is -0.0888. The number of carbonyl (C=O) groups is 1. The van der Waals surface area contributed by atoms with E-state index in [1.165, 1.54) is 37.8 Å². The summed E-state index contributed by atoms with van der Waals surface area (Å²) in [6.07, 6.45) is 12.5. The standard InChI is InChI=1S/C31H39N5O2.C3H8O2/c1-5-38-29(37)13-10-22-17-24-9-12-28(35-31(2,3)4)34-27(24)18-23(22)8-6-21-7-11-26(16-21)36-15-14-25-19-32-20-33-30(25)36;1-3(2,4)5/h9,12,14-15,17-21,26H,5-8,10-11,13,16H2,1-4H3,(H,34,35);4-5H,1-2H3. The van der Waals surface area contributed by atoms with E-state index in [0.29, 0.717) is 31.4 Å². The van der Waals surface area contributed by atoms with Crippen LogP contribution in [0.3, 0.4) is 0 Å². The summed E-state index contributed by atoms with van der Waals surface area (Å²) < 4.78 is 7.54. The third-order valence-electron chi connectivity index (χ3n) is 7.52. The highest BCUT2D eigenvalue weighted by atomic mass is 16.5. The van der Waals surface area contributed by atoms with Gasteiger partial charge in [-0.2, -0.15) is 0 Å². The molecule has 0 amide bonds. The van der Waals surface area contributed by atoms with E-state index in [2.05, 4.69) is 71.1 Å². The summed E-state index contributed by atoms with van der Waals surface area (Å²) in [4.78, 5) is 25.7. The zero-order chi connectivity index (χ0) is 31.2. The highest BCUT2D eigenvalue weighted by Gasteiger charge is 2.27. The molecule has 0 radical (unpaired) electrons. The van der Waals surface area contributed by atoms with Gasteiger partial charge in [0.15, 0.2) is 5.79 Å². The quantitative estimate of drug-likeness (QED) is 0.152. The third kappa shape index (κ3) is 9.73. The van der Waals surface area contributed by atoms with Crippen molar-refractivity contribution < 1.29 is 19.7 Å². The Morgan fingerprint density at radius 2 is 1.79 bits per heavy atom. The maximum Gasteiger partial charge on any atom is 0.306 e. The van der Waals surface area contributed by atoms with Gasteiger partial charge in [0.05, 0.1) is 12.1 Å². The van der Waals surface area contributed by atoms with Crippen LogP contribution in [0.5, 0.6) is 0 Å². The monoisotopic (exact) mass is 589 g/mol. The Labute approximate surface area is 254 Å². The number of aryl methyl sites for hydroxylation is 2. The molecule has 5 rings (SSSR count). The molecule has 1 aliphatic rings. The summed E-state index contributed by atoms with van der Waals surface area (Å²) in [6.45, 7) is 11.3. The molecule has 9 heteroatoms. The molecule has 0 aliphatic heterocycles. The Morgan fingerprint density at radius 1 is 1.05 bits per heavy atom. The van der Waals surface area contributed by atoms with E-state index in [0.717, 1.165) is 47.0 Å². The number of rotatable bonds is 9. The number of hydrogen-bond donors (Lipinski definition) is 3. The molecule has 2 unspecified atom stereocenters. The van der Waals surface area contributed by atoms with Crippen LogP contribution in [0.4, 0.5) is 5.82 Å². The normalized spacial score (nSPS) is 17.1. The van der Waals surface area contributed by atoms with Gasteiger partial charge < -0.3 is 24.8 Å². The van der Waals surface area contributed by atoms with Crippen LogP contribution in [0.2, 0.25) is 0 Å². The smallest absolute Gasteiger partial charge is 0.306 e. The lowest BCUT2D eigenvalue weighted by atomic mass is 9.92. The summed E-state index contributed by atoms with van der Waals surface area (Å²) in [5.41, 5.74) is 4.50. The van der Waals surface area contributed by atoms with Crippen LogP contribution in [0.1, 0.15) is 90.8 Å². The van der Waals surface area contributed by atoms with Crippen LogP contribution in [0.15, 0.2) is 49.1 Å². The first kappa shape index (κ1) is 32.4. The number of aromatic nitrogens is 4. The number of carbonyl (C=O) groups excluding carboxylic acids is 1. The second kappa shape index (κ2) is 13.8. The van der Waals surface area contributed by atoms with E-state index in [4.69, 9.17) is 19.9 Å². The van der Waals surface area contributed by atoms with Crippen molar-refractivity contribution in [2.24, 2.45) is 5.92 Å². The largest absolute Gasteiger partial charge is 0.466 e. The molecule has 1 aromatic carbocycles. The molecular formula is C34H47N5O4. The fraction of sp³-hybridized carbons (Fsp3) is 0.529.